The summed E-state index contributed by atoms with van der Waals surface area (Å²) in [7, 11) is 0. The summed E-state index contributed by atoms with van der Waals surface area (Å²) in [4.78, 5) is 12.2. The molecular formula is C19H16ClN3O3. The van der Waals surface area contributed by atoms with Crippen molar-refractivity contribution in [3.8, 4) is 17.6 Å². The predicted molar refractivity (Wildman–Crippen MR) is 97.9 cm³/mol. The van der Waals surface area contributed by atoms with Crippen LogP contribution in [0.25, 0.3) is 0 Å². The molecule has 0 spiro atoms. The Labute approximate surface area is 156 Å². The number of carbonyl (C=O) groups excluding carboxylic acids is 1. The summed E-state index contributed by atoms with van der Waals surface area (Å²) in [6, 6.07) is 12.7. The highest BCUT2D eigenvalue weighted by Crippen LogP contribution is 2.32. The molecule has 3 rings (SSSR count). The normalized spacial score (nSPS) is 12.4. The van der Waals surface area contributed by atoms with Crippen LogP contribution in [-0.2, 0) is 11.3 Å². The third-order valence-corrected chi connectivity index (χ3v) is 4.30. The smallest absolute Gasteiger partial charge is 0.263 e. The van der Waals surface area contributed by atoms with E-state index in [9.17, 15) is 10.1 Å². The largest absolute Gasteiger partial charge is 0.454 e. The number of nitriles is 1. The quantitative estimate of drug-likeness (QED) is 0.622. The minimum absolute atomic E-state index is 0.0369. The molecule has 1 aliphatic rings. The van der Waals surface area contributed by atoms with Gasteiger partial charge in [-0.05, 0) is 42.3 Å². The maximum atomic E-state index is 12.2. The second-order valence-electron chi connectivity index (χ2n) is 5.60. The van der Waals surface area contributed by atoms with E-state index in [0.717, 1.165) is 16.8 Å². The van der Waals surface area contributed by atoms with Crippen molar-refractivity contribution in [1.82, 2.24) is 5.32 Å². The van der Waals surface area contributed by atoms with Crippen LogP contribution in [0.4, 0.5) is 5.69 Å². The third kappa shape index (κ3) is 3.90. The number of ether oxygens (including phenoxy) is 2. The molecular weight excluding hydrogens is 354 g/mol. The monoisotopic (exact) mass is 369 g/mol. The van der Waals surface area contributed by atoms with Gasteiger partial charge in [0.05, 0.1) is 0 Å². The molecule has 1 aliphatic heterocycles. The van der Waals surface area contributed by atoms with Gasteiger partial charge in [0.1, 0.15) is 11.6 Å². The van der Waals surface area contributed by atoms with E-state index in [1.54, 1.807) is 24.3 Å². The van der Waals surface area contributed by atoms with Crippen LogP contribution in [0, 0.1) is 18.3 Å². The number of hydrogen-bond donors (Lipinski definition) is 2. The molecule has 7 heteroatoms. The second-order valence-corrected chi connectivity index (χ2v) is 6.00. The fraction of sp³-hybridized carbons (Fsp3) is 0.158. The number of anilines is 1. The van der Waals surface area contributed by atoms with Crippen molar-refractivity contribution < 1.29 is 14.3 Å². The molecule has 0 bridgehead atoms. The zero-order chi connectivity index (χ0) is 18.5. The van der Waals surface area contributed by atoms with E-state index >= 15 is 0 Å². The van der Waals surface area contributed by atoms with Gasteiger partial charge in [0.15, 0.2) is 11.5 Å². The lowest BCUT2D eigenvalue weighted by Gasteiger charge is -2.08. The highest BCUT2D eigenvalue weighted by atomic mass is 35.5. The molecule has 0 fully saturated rings. The molecule has 0 aliphatic carbocycles. The lowest BCUT2D eigenvalue weighted by atomic mass is 10.2. The average molecular weight is 370 g/mol. The van der Waals surface area contributed by atoms with Crippen molar-refractivity contribution in [2.45, 2.75) is 13.5 Å². The van der Waals surface area contributed by atoms with E-state index in [0.29, 0.717) is 16.5 Å². The Morgan fingerprint density at radius 3 is 2.92 bits per heavy atom. The first-order chi connectivity index (χ1) is 12.6. The molecule has 0 saturated carbocycles. The predicted octanol–water partition coefficient (Wildman–Crippen LogP) is 3.51. The zero-order valence-electron chi connectivity index (χ0n) is 14.0. The van der Waals surface area contributed by atoms with Gasteiger partial charge in [-0.1, -0.05) is 23.7 Å². The van der Waals surface area contributed by atoms with E-state index in [1.807, 2.05) is 25.1 Å². The van der Waals surface area contributed by atoms with Gasteiger partial charge in [0.25, 0.3) is 5.91 Å². The number of carbonyl (C=O) groups is 1. The van der Waals surface area contributed by atoms with Crippen LogP contribution in [0.1, 0.15) is 11.1 Å². The van der Waals surface area contributed by atoms with Gasteiger partial charge in [-0.15, -0.1) is 0 Å². The number of hydrogen-bond acceptors (Lipinski definition) is 5. The number of amides is 1. The molecule has 0 saturated heterocycles. The van der Waals surface area contributed by atoms with Crippen LogP contribution in [0.5, 0.6) is 11.5 Å². The molecule has 1 amide bonds. The Balaban J connectivity index is 1.63. The van der Waals surface area contributed by atoms with Crippen LogP contribution in [0.2, 0.25) is 5.02 Å². The summed E-state index contributed by atoms with van der Waals surface area (Å²) in [6.07, 6.45) is 1.37. The molecule has 0 aromatic heterocycles. The third-order valence-electron chi connectivity index (χ3n) is 3.89. The molecule has 6 nitrogen and oxygen atoms in total. The summed E-state index contributed by atoms with van der Waals surface area (Å²) in [5.74, 6) is 0.849. The van der Waals surface area contributed by atoms with E-state index < -0.39 is 5.91 Å². The van der Waals surface area contributed by atoms with Crippen LogP contribution >= 0.6 is 11.6 Å². The maximum Gasteiger partial charge on any atom is 0.263 e. The van der Waals surface area contributed by atoms with Crippen molar-refractivity contribution in [2.75, 3.05) is 12.1 Å². The second kappa shape index (κ2) is 7.81. The molecule has 2 N–H and O–H groups in total. The number of nitrogens with one attached hydrogen (secondary N) is 2. The topological polar surface area (TPSA) is 83.4 Å². The number of fused-ring (bicyclic) bond motifs is 1. The average Bonchev–Trinajstić information content (AvgIpc) is 3.11. The van der Waals surface area contributed by atoms with Gasteiger partial charge in [-0.25, -0.2) is 0 Å². The lowest BCUT2D eigenvalue weighted by Crippen LogP contribution is -2.24. The first-order valence-electron chi connectivity index (χ1n) is 7.87. The molecule has 1 heterocycles. The number of benzene rings is 2. The van der Waals surface area contributed by atoms with Crippen molar-refractivity contribution in [3.05, 3.63) is 64.3 Å². The van der Waals surface area contributed by atoms with Crippen LogP contribution in [-0.4, -0.2) is 12.7 Å². The highest BCUT2D eigenvalue weighted by molar-refractivity contribution is 6.31. The van der Waals surface area contributed by atoms with Crippen molar-refractivity contribution in [1.29, 1.82) is 5.26 Å². The molecule has 26 heavy (non-hydrogen) atoms. The zero-order valence-corrected chi connectivity index (χ0v) is 14.8. The Morgan fingerprint density at radius 1 is 1.31 bits per heavy atom. The first kappa shape index (κ1) is 17.6. The van der Waals surface area contributed by atoms with Gasteiger partial charge < -0.3 is 20.1 Å². The van der Waals surface area contributed by atoms with Crippen LogP contribution in [0.15, 0.2) is 48.2 Å². The Bertz CT molecular complexity index is 919. The molecule has 2 aromatic rings. The maximum absolute atomic E-state index is 12.2. The summed E-state index contributed by atoms with van der Waals surface area (Å²) in [5, 5.41) is 15.5. The highest BCUT2D eigenvalue weighted by Gasteiger charge is 2.14. The summed E-state index contributed by atoms with van der Waals surface area (Å²) in [5.41, 5.74) is 2.38. The summed E-state index contributed by atoms with van der Waals surface area (Å²) < 4.78 is 10.6. The van der Waals surface area contributed by atoms with Gasteiger partial charge in [-0.2, -0.15) is 5.26 Å². The van der Waals surface area contributed by atoms with E-state index in [2.05, 4.69) is 10.6 Å². The number of halogens is 1. The lowest BCUT2D eigenvalue weighted by molar-refractivity contribution is -0.117. The number of nitrogens with zero attached hydrogens (tertiary/aromatic N) is 1. The van der Waals surface area contributed by atoms with E-state index in [4.69, 9.17) is 21.1 Å². The van der Waals surface area contributed by atoms with Crippen molar-refractivity contribution in [2.24, 2.45) is 0 Å². The van der Waals surface area contributed by atoms with Gasteiger partial charge in [0.2, 0.25) is 6.79 Å². The van der Waals surface area contributed by atoms with E-state index in [1.165, 1.54) is 6.20 Å². The standard InChI is InChI=1S/C19H16ClN3O3/c1-12-15(20)3-2-4-16(12)22-10-14(8-21)19(24)23-9-13-5-6-17-18(7-13)26-11-25-17/h2-7,10,22H,9,11H2,1H3,(H,23,24)/b14-10-. The molecule has 0 unspecified atom stereocenters. The van der Waals surface area contributed by atoms with E-state index in [-0.39, 0.29) is 18.9 Å². The summed E-state index contributed by atoms with van der Waals surface area (Å²) in [6.45, 7) is 2.32. The van der Waals surface area contributed by atoms with Gasteiger partial charge >= 0.3 is 0 Å². The molecule has 132 valence electrons. The Kier molecular flexibility index (Phi) is 5.30. The first-order valence-corrected chi connectivity index (χ1v) is 8.25. The van der Waals surface area contributed by atoms with Gasteiger partial charge in [0, 0.05) is 23.5 Å². The molecule has 0 radical (unpaired) electrons. The minimum Gasteiger partial charge on any atom is -0.454 e. The minimum atomic E-state index is -0.475. The van der Waals surface area contributed by atoms with Gasteiger partial charge in [-0.3, -0.25) is 4.79 Å². The van der Waals surface area contributed by atoms with Crippen molar-refractivity contribution in [3.63, 3.8) is 0 Å². The van der Waals surface area contributed by atoms with Crippen molar-refractivity contribution >= 4 is 23.2 Å². The van der Waals surface area contributed by atoms with Crippen LogP contribution < -0.4 is 20.1 Å². The Hall–Kier alpha value is -3.17. The molecule has 2 aromatic carbocycles. The molecule has 0 atom stereocenters. The van der Waals surface area contributed by atoms with Crippen LogP contribution in [0.3, 0.4) is 0 Å². The number of rotatable bonds is 5. The SMILES string of the molecule is Cc1c(Cl)cccc1N/C=C(/C#N)C(=O)NCc1ccc2c(c1)OCO2. The fourth-order valence-electron chi connectivity index (χ4n) is 2.39. The Morgan fingerprint density at radius 2 is 2.12 bits per heavy atom. The fourth-order valence-corrected chi connectivity index (χ4v) is 2.57. The summed E-state index contributed by atoms with van der Waals surface area (Å²) >= 11 is 6.06.